The van der Waals surface area contributed by atoms with Crippen LogP contribution in [0.15, 0.2) is 24.5 Å². The summed E-state index contributed by atoms with van der Waals surface area (Å²) < 4.78 is 5.60. The van der Waals surface area contributed by atoms with Crippen LogP contribution in [0.5, 0.6) is 11.6 Å². The number of anilines is 2. The topological polar surface area (TPSA) is 93.4 Å². The Kier molecular flexibility index (Phi) is 6.81. The third-order valence-corrected chi connectivity index (χ3v) is 4.09. The summed E-state index contributed by atoms with van der Waals surface area (Å²) in [6.45, 7) is 0.835. The van der Waals surface area contributed by atoms with E-state index in [-0.39, 0.29) is 21.8 Å². The van der Waals surface area contributed by atoms with Crippen molar-refractivity contribution in [2.24, 2.45) is 0 Å². The zero-order valence-corrected chi connectivity index (χ0v) is 15.4. The van der Waals surface area contributed by atoms with E-state index in [1.165, 1.54) is 12.4 Å². The Morgan fingerprint density at radius 3 is 2.76 bits per heavy atom. The highest BCUT2D eigenvalue weighted by Gasteiger charge is 2.12. The van der Waals surface area contributed by atoms with Crippen LogP contribution in [0.2, 0.25) is 10.0 Å². The Labute approximate surface area is 156 Å². The van der Waals surface area contributed by atoms with Crippen molar-refractivity contribution in [3.05, 3.63) is 34.6 Å². The molecule has 0 unspecified atom stereocenters. The molecule has 0 saturated carbocycles. The number of nitrogens with one attached hydrogen (secondary N) is 1. The second kappa shape index (κ2) is 8.84. The largest absolute Gasteiger partial charge is 0.437 e. The molecule has 0 bridgehead atoms. The minimum atomic E-state index is -0.125. The van der Waals surface area contributed by atoms with Gasteiger partial charge in [-0.3, -0.25) is 4.79 Å². The molecule has 1 amide bonds. The summed E-state index contributed by atoms with van der Waals surface area (Å²) in [5, 5.41) is 3.11. The maximum atomic E-state index is 11.9. The highest BCUT2D eigenvalue weighted by molar-refractivity contribution is 6.44. The first-order chi connectivity index (χ1) is 11.9. The Bertz CT molecular complexity index is 755. The van der Waals surface area contributed by atoms with Crippen LogP contribution in [0.3, 0.4) is 0 Å². The van der Waals surface area contributed by atoms with E-state index in [1.807, 2.05) is 19.0 Å². The number of halogens is 2. The molecular formula is C16H19Cl2N5O2. The molecule has 1 aromatic carbocycles. The average Bonchev–Trinajstić information content (AvgIpc) is 2.55. The summed E-state index contributed by atoms with van der Waals surface area (Å²) in [4.78, 5) is 21.9. The molecule has 2 aromatic rings. The van der Waals surface area contributed by atoms with Crippen LogP contribution in [0, 0.1) is 0 Å². The minimum Gasteiger partial charge on any atom is -0.437 e. The molecule has 2 rings (SSSR count). The monoisotopic (exact) mass is 383 g/mol. The van der Waals surface area contributed by atoms with Crippen LogP contribution in [-0.4, -0.2) is 41.4 Å². The molecule has 7 nitrogen and oxygen atoms in total. The van der Waals surface area contributed by atoms with E-state index in [2.05, 4.69) is 15.3 Å². The molecule has 0 aliphatic heterocycles. The summed E-state index contributed by atoms with van der Waals surface area (Å²) >= 11 is 12.1. The normalized spacial score (nSPS) is 10.8. The number of hydrogen-bond acceptors (Lipinski definition) is 6. The zero-order valence-electron chi connectivity index (χ0n) is 13.9. The second-order valence-corrected chi connectivity index (χ2v) is 6.34. The van der Waals surface area contributed by atoms with Gasteiger partial charge < -0.3 is 20.7 Å². The molecule has 1 heterocycles. The van der Waals surface area contributed by atoms with Crippen LogP contribution >= 0.6 is 23.2 Å². The van der Waals surface area contributed by atoms with Gasteiger partial charge in [-0.15, -0.1) is 0 Å². The molecule has 0 fully saturated rings. The van der Waals surface area contributed by atoms with Gasteiger partial charge in [0, 0.05) is 12.5 Å². The van der Waals surface area contributed by atoms with Gasteiger partial charge in [-0.25, -0.2) is 9.97 Å². The number of benzene rings is 1. The van der Waals surface area contributed by atoms with Crippen molar-refractivity contribution in [2.45, 2.75) is 12.8 Å². The van der Waals surface area contributed by atoms with Gasteiger partial charge in [-0.05, 0) is 39.2 Å². The molecule has 1 aromatic heterocycles. The Morgan fingerprint density at radius 2 is 2.04 bits per heavy atom. The van der Waals surface area contributed by atoms with Gasteiger partial charge in [-0.2, -0.15) is 0 Å². The maximum Gasteiger partial charge on any atom is 0.225 e. The fourth-order valence-electron chi connectivity index (χ4n) is 1.96. The molecule has 0 spiro atoms. The van der Waals surface area contributed by atoms with Crippen LogP contribution in [-0.2, 0) is 4.79 Å². The van der Waals surface area contributed by atoms with E-state index in [1.54, 1.807) is 12.1 Å². The number of nitrogen functional groups attached to an aromatic ring is 1. The SMILES string of the molecule is CN(C)CCCC(=O)Nc1cc(Oc2ccc(N)c(Cl)c2Cl)ncn1. The highest BCUT2D eigenvalue weighted by Crippen LogP contribution is 2.37. The van der Waals surface area contributed by atoms with Gasteiger partial charge in [0.1, 0.15) is 22.9 Å². The lowest BCUT2D eigenvalue weighted by Crippen LogP contribution is -2.17. The number of amides is 1. The van der Waals surface area contributed by atoms with Crippen molar-refractivity contribution in [3.63, 3.8) is 0 Å². The van der Waals surface area contributed by atoms with Gasteiger partial charge >= 0.3 is 0 Å². The summed E-state index contributed by atoms with van der Waals surface area (Å²) in [5.41, 5.74) is 6.03. The summed E-state index contributed by atoms with van der Waals surface area (Å²) in [5.74, 6) is 0.752. The number of hydrogen-bond donors (Lipinski definition) is 2. The molecule has 0 radical (unpaired) electrons. The molecule has 9 heteroatoms. The van der Waals surface area contributed by atoms with E-state index >= 15 is 0 Å². The number of aromatic nitrogens is 2. The summed E-state index contributed by atoms with van der Waals surface area (Å²) in [6, 6.07) is 4.67. The van der Waals surface area contributed by atoms with Gasteiger partial charge in [0.25, 0.3) is 0 Å². The molecule has 25 heavy (non-hydrogen) atoms. The third-order valence-electron chi connectivity index (χ3n) is 3.21. The number of carbonyl (C=O) groups is 1. The average molecular weight is 384 g/mol. The van der Waals surface area contributed by atoms with Crippen molar-refractivity contribution < 1.29 is 9.53 Å². The van der Waals surface area contributed by atoms with Crippen LogP contribution in [0.1, 0.15) is 12.8 Å². The fraction of sp³-hybridized carbons (Fsp3) is 0.312. The minimum absolute atomic E-state index is 0.125. The molecule has 134 valence electrons. The smallest absolute Gasteiger partial charge is 0.225 e. The predicted octanol–water partition coefficient (Wildman–Crippen LogP) is 3.44. The zero-order chi connectivity index (χ0) is 18.4. The Morgan fingerprint density at radius 1 is 1.28 bits per heavy atom. The number of nitrogens with zero attached hydrogens (tertiary/aromatic N) is 3. The number of rotatable bonds is 7. The van der Waals surface area contributed by atoms with E-state index in [9.17, 15) is 4.79 Å². The van der Waals surface area contributed by atoms with Gasteiger partial charge in [0.2, 0.25) is 11.8 Å². The van der Waals surface area contributed by atoms with E-state index in [4.69, 9.17) is 33.7 Å². The number of nitrogens with two attached hydrogens (primary N) is 1. The maximum absolute atomic E-state index is 11.9. The van der Waals surface area contributed by atoms with Crippen molar-refractivity contribution in [2.75, 3.05) is 31.7 Å². The lowest BCUT2D eigenvalue weighted by molar-refractivity contribution is -0.116. The molecule has 0 saturated heterocycles. The molecule has 3 N–H and O–H groups in total. The summed E-state index contributed by atoms with van der Waals surface area (Å²) in [7, 11) is 3.92. The Balaban J connectivity index is 2.02. The summed E-state index contributed by atoms with van der Waals surface area (Å²) in [6.07, 6.45) is 2.45. The first kappa shape index (κ1) is 19.2. The number of ether oxygens (including phenoxy) is 1. The van der Waals surface area contributed by atoms with Crippen LogP contribution in [0.25, 0.3) is 0 Å². The fourth-order valence-corrected chi connectivity index (χ4v) is 2.33. The van der Waals surface area contributed by atoms with E-state index < -0.39 is 0 Å². The number of carbonyl (C=O) groups excluding carboxylic acids is 1. The first-order valence-corrected chi connectivity index (χ1v) is 8.30. The lowest BCUT2D eigenvalue weighted by atomic mass is 10.3. The van der Waals surface area contributed by atoms with Gasteiger partial charge in [-0.1, -0.05) is 23.2 Å². The second-order valence-electron chi connectivity index (χ2n) is 5.58. The predicted molar refractivity (Wildman–Crippen MR) is 99.4 cm³/mol. The third kappa shape index (κ3) is 5.74. The van der Waals surface area contributed by atoms with E-state index in [0.717, 1.165) is 13.0 Å². The quantitative estimate of drug-likeness (QED) is 0.711. The molecule has 0 aliphatic rings. The van der Waals surface area contributed by atoms with Gasteiger partial charge in [0.05, 0.1) is 10.7 Å². The van der Waals surface area contributed by atoms with E-state index in [0.29, 0.717) is 23.7 Å². The van der Waals surface area contributed by atoms with Crippen LogP contribution in [0.4, 0.5) is 11.5 Å². The van der Waals surface area contributed by atoms with Crippen molar-refractivity contribution in [1.29, 1.82) is 0 Å². The van der Waals surface area contributed by atoms with Crippen molar-refractivity contribution in [1.82, 2.24) is 14.9 Å². The highest BCUT2D eigenvalue weighted by atomic mass is 35.5. The van der Waals surface area contributed by atoms with Crippen molar-refractivity contribution >= 4 is 40.6 Å². The lowest BCUT2D eigenvalue weighted by Gasteiger charge is -2.11. The standard InChI is InChI=1S/C16H19Cl2N5O2/c1-23(2)7-3-4-13(24)22-12-8-14(21-9-20-12)25-11-6-5-10(19)15(17)16(11)18/h5-6,8-9H,3-4,7,19H2,1-2H3,(H,20,21,22,24). The first-order valence-electron chi connectivity index (χ1n) is 7.54. The van der Waals surface area contributed by atoms with Crippen molar-refractivity contribution in [3.8, 4) is 11.6 Å². The molecular weight excluding hydrogens is 365 g/mol. The van der Waals surface area contributed by atoms with Crippen LogP contribution < -0.4 is 15.8 Å². The molecule has 0 atom stereocenters. The van der Waals surface area contributed by atoms with Gasteiger partial charge in [0.15, 0.2) is 0 Å². The Hall–Kier alpha value is -2.09. The molecule has 0 aliphatic carbocycles.